The zero-order chi connectivity index (χ0) is 13.9. The van der Waals surface area contributed by atoms with Gasteiger partial charge in [0.1, 0.15) is 0 Å². The summed E-state index contributed by atoms with van der Waals surface area (Å²) in [5.41, 5.74) is 1.24. The van der Waals surface area contributed by atoms with E-state index < -0.39 is 0 Å². The van der Waals surface area contributed by atoms with Crippen molar-refractivity contribution in [1.82, 2.24) is 5.32 Å². The second-order valence-electron chi connectivity index (χ2n) is 4.87. The van der Waals surface area contributed by atoms with Crippen molar-refractivity contribution >= 4 is 11.6 Å². The Bertz CT molecular complexity index is 343. The fourth-order valence-corrected chi connectivity index (χ4v) is 2.31. The van der Waals surface area contributed by atoms with Gasteiger partial charge in [-0.2, -0.15) is 0 Å². The van der Waals surface area contributed by atoms with E-state index in [1.54, 1.807) is 0 Å². The van der Waals surface area contributed by atoms with Crippen molar-refractivity contribution in [3.05, 3.63) is 34.9 Å². The third kappa shape index (κ3) is 6.95. The number of hydrogen-bond acceptors (Lipinski definition) is 2. The quantitative estimate of drug-likeness (QED) is 0.657. The monoisotopic (exact) mass is 283 g/mol. The summed E-state index contributed by atoms with van der Waals surface area (Å²) in [6, 6.07) is 8.12. The molecule has 3 heteroatoms. The zero-order valence-corrected chi connectivity index (χ0v) is 12.9. The highest BCUT2D eigenvalue weighted by molar-refractivity contribution is 6.31. The van der Waals surface area contributed by atoms with Gasteiger partial charge in [-0.15, -0.1) is 0 Å². The molecule has 0 amide bonds. The number of rotatable bonds is 10. The molecule has 1 N–H and O–H groups in total. The Hall–Kier alpha value is -0.570. The Morgan fingerprint density at radius 3 is 2.68 bits per heavy atom. The summed E-state index contributed by atoms with van der Waals surface area (Å²) >= 11 is 6.23. The standard InChI is InChI=1S/C16H26ClNO/c1-3-10-19-11-9-14(13-18-4-2)12-15-7-5-6-8-16(15)17/h5-8,14,18H,3-4,9-13H2,1-2H3. The summed E-state index contributed by atoms with van der Waals surface area (Å²) in [5.74, 6) is 0.580. The van der Waals surface area contributed by atoms with Crippen LogP contribution in [0.3, 0.4) is 0 Å². The van der Waals surface area contributed by atoms with E-state index in [4.69, 9.17) is 16.3 Å². The molecule has 1 atom stereocenters. The lowest BCUT2D eigenvalue weighted by atomic mass is 9.96. The molecule has 0 heterocycles. The van der Waals surface area contributed by atoms with Crippen LogP contribution in [0.5, 0.6) is 0 Å². The molecule has 0 saturated heterocycles. The average molecular weight is 284 g/mol. The minimum absolute atomic E-state index is 0.580. The highest BCUT2D eigenvalue weighted by Crippen LogP contribution is 2.20. The fourth-order valence-electron chi connectivity index (χ4n) is 2.10. The molecule has 0 aliphatic carbocycles. The predicted molar refractivity (Wildman–Crippen MR) is 82.9 cm³/mol. The van der Waals surface area contributed by atoms with Crippen molar-refractivity contribution in [2.45, 2.75) is 33.1 Å². The maximum Gasteiger partial charge on any atom is 0.0469 e. The SMILES string of the molecule is CCCOCCC(CNCC)Cc1ccccc1Cl. The number of halogens is 1. The van der Waals surface area contributed by atoms with Crippen LogP contribution in [0.15, 0.2) is 24.3 Å². The average Bonchev–Trinajstić information content (AvgIpc) is 2.43. The van der Waals surface area contributed by atoms with Crippen LogP contribution in [0, 0.1) is 5.92 Å². The van der Waals surface area contributed by atoms with E-state index in [1.807, 2.05) is 12.1 Å². The van der Waals surface area contributed by atoms with Crippen LogP contribution in [0.25, 0.3) is 0 Å². The Labute approximate surface area is 122 Å². The van der Waals surface area contributed by atoms with Crippen molar-refractivity contribution in [3.63, 3.8) is 0 Å². The largest absolute Gasteiger partial charge is 0.381 e. The minimum Gasteiger partial charge on any atom is -0.381 e. The summed E-state index contributed by atoms with van der Waals surface area (Å²) in [7, 11) is 0. The zero-order valence-electron chi connectivity index (χ0n) is 12.1. The van der Waals surface area contributed by atoms with Crippen molar-refractivity contribution in [1.29, 1.82) is 0 Å². The predicted octanol–water partition coefficient (Wildman–Crippen LogP) is 3.92. The van der Waals surface area contributed by atoms with Gasteiger partial charge in [-0.3, -0.25) is 0 Å². The molecular weight excluding hydrogens is 258 g/mol. The van der Waals surface area contributed by atoms with Gasteiger partial charge in [0, 0.05) is 18.2 Å². The van der Waals surface area contributed by atoms with Gasteiger partial charge in [0.15, 0.2) is 0 Å². The molecule has 0 aliphatic heterocycles. The number of benzene rings is 1. The van der Waals surface area contributed by atoms with E-state index in [1.165, 1.54) is 5.56 Å². The molecule has 1 aromatic rings. The molecular formula is C16H26ClNO. The molecule has 0 radical (unpaired) electrons. The summed E-state index contributed by atoms with van der Waals surface area (Å²) in [6.07, 6.45) is 3.18. The Morgan fingerprint density at radius 1 is 1.21 bits per heavy atom. The van der Waals surface area contributed by atoms with Gasteiger partial charge in [0.25, 0.3) is 0 Å². The van der Waals surface area contributed by atoms with Crippen molar-refractivity contribution in [2.24, 2.45) is 5.92 Å². The fraction of sp³-hybridized carbons (Fsp3) is 0.625. The van der Waals surface area contributed by atoms with Gasteiger partial charge < -0.3 is 10.1 Å². The van der Waals surface area contributed by atoms with Crippen LogP contribution >= 0.6 is 11.6 Å². The summed E-state index contributed by atoms with van der Waals surface area (Å²) in [4.78, 5) is 0. The van der Waals surface area contributed by atoms with Crippen LogP contribution in [0.1, 0.15) is 32.3 Å². The number of hydrogen-bond donors (Lipinski definition) is 1. The lowest BCUT2D eigenvalue weighted by molar-refractivity contribution is 0.120. The molecule has 0 aromatic heterocycles. The van der Waals surface area contributed by atoms with Crippen molar-refractivity contribution < 1.29 is 4.74 Å². The first-order chi connectivity index (χ1) is 9.27. The van der Waals surface area contributed by atoms with E-state index in [9.17, 15) is 0 Å². The number of ether oxygens (including phenoxy) is 1. The van der Waals surface area contributed by atoms with Crippen LogP contribution in [0.2, 0.25) is 5.02 Å². The highest BCUT2D eigenvalue weighted by atomic mass is 35.5. The first kappa shape index (κ1) is 16.5. The van der Waals surface area contributed by atoms with E-state index >= 15 is 0 Å². The molecule has 0 aliphatic rings. The van der Waals surface area contributed by atoms with Gasteiger partial charge in [-0.1, -0.05) is 43.6 Å². The summed E-state index contributed by atoms with van der Waals surface area (Å²) < 4.78 is 5.60. The number of nitrogens with one attached hydrogen (secondary N) is 1. The lowest BCUT2D eigenvalue weighted by Gasteiger charge is -2.18. The molecule has 2 nitrogen and oxygen atoms in total. The molecule has 1 unspecified atom stereocenters. The smallest absolute Gasteiger partial charge is 0.0469 e. The molecule has 108 valence electrons. The first-order valence-electron chi connectivity index (χ1n) is 7.29. The highest BCUT2D eigenvalue weighted by Gasteiger charge is 2.11. The minimum atomic E-state index is 0.580. The van der Waals surface area contributed by atoms with E-state index in [-0.39, 0.29) is 0 Å². The van der Waals surface area contributed by atoms with Crippen LogP contribution in [0.4, 0.5) is 0 Å². The second-order valence-corrected chi connectivity index (χ2v) is 5.28. The third-order valence-electron chi connectivity index (χ3n) is 3.17. The molecule has 1 aromatic carbocycles. The Balaban J connectivity index is 2.46. The maximum absolute atomic E-state index is 6.23. The van der Waals surface area contributed by atoms with Crippen molar-refractivity contribution in [2.75, 3.05) is 26.3 Å². The lowest BCUT2D eigenvalue weighted by Crippen LogP contribution is -2.25. The third-order valence-corrected chi connectivity index (χ3v) is 3.54. The van der Waals surface area contributed by atoms with E-state index in [2.05, 4.69) is 31.3 Å². The summed E-state index contributed by atoms with van der Waals surface area (Å²) in [5, 5.41) is 4.30. The first-order valence-corrected chi connectivity index (χ1v) is 7.67. The van der Waals surface area contributed by atoms with E-state index in [0.717, 1.165) is 50.6 Å². The van der Waals surface area contributed by atoms with Crippen LogP contribution in [-0.2, 0) is 11.2 Å². The molecule has 19 heavy (non-hydrogen) atoms. The Morgan fingerprint density at radius 2 is 2.00 bits per heavy atom. The Kier molecular flexibility index (Phi) is 8.89. The second kappa shape index (κ2) is 10.2. The molecule has 0 fully saturated rings. The van der Waals surface area contributed by atoms with Crippen LogP contribution in [-0.4, -0.2) is 26.3 Å². The van der Waals surface area contributed by atoms with Gasteiger partial charge in [-0.05, 0) is 49.9 Å². The normalized spacial score (nSPS) is 12.6. The molecule has 1 rings (SSSR count). The molecule has 0 bridgehead atoms. The van der Waals surface area contributed by atoms with Crippen LogP contribution < -0.4 is 5.32 Å². The van der Waals surface area contributed by atoms with Gasteiger partial charge in [0.2, 0.25) is 0 Å². The maximum atomic E-state index is 6.23. The molecule has 0 spiro atoms. The summed E-state index contributed by atoms with van der Waals surface area (Å²) in [6.45, 7) is 8.01. The van der Waals surface area contributed by atoms with Gasteiger partial charge >= 0.3 is 0 Å². The molecule has 0 saturated carbocycles. The van der Waals surface area contributed by atoms with Crippen molar-refractivity contribution in [3.8, 4) is 0 Å². The van der Waals surface area contributed by atoms with E-state index in [0.29, 0.717) is 5.92 Å². The van der Waals surface area contributed by atoms with Gasteiger partial charge in [0.05, 0.1) is 0 Å². The topological polar surface area (TPSA) is 21.3 Å². The van der Waals surface area contributed by atoms with Gasteiger partial charge in [-0.25, -0.2) is 0 Å².